The number of piperidine rings is 1. The Labute approximate surface area is 157 Å². The summed E-state index contributed by atoms with van der Waals surface area (Å²) in [5, 5.41) is 13.5. The molecular formula is C18H23ClN4OS. The van der Waals surface area contributed by atoms with Crippen molar-refractivity contribution in [3.63, 3.8) is 0 Å². The van der Waals surface area contributed by atoms with Crippen molar-refractivity contribution >= 4 is 34.0 Å². The van der Waals surface area contributed by atoms with Gasteiger partial charge in [-0.1, -0.05) is 41.5 Å². The molecule has 0 unspecified atom stereocenters. The zero-order chi connectivity index (χ0) is 17.5. The monoisotopic (exact) mass is 378 g/mol. The zero-order valence-electron chi connectivity index (χ0n) is 14.2. The third-order valence-electron chi connectivity index (χ3n) is 4.30. The van der Waals surface area contributed by atoms with Crippen molar-refractivity contribution in [2.75, 3.05) is 18.4 Å². The number of nitrogens with zero attached hydrogens (tertiary/aromatic N) is 3. The van der Waals surface area contributed by atoms with Crippen LogP contribution in [-0.2, 0) is 17.8 Å². The number of rotatable bonds is 7. The van der Waals surface area contributed by atoms with Gasteiger partial charge in [0, 0.05) is 11.4 Å². The number of aromatic nitrogens is 2. The highest BCUT2D eigenvalue weighted by atomic mass is 35.5. The van der Waals surface area contributed by atoms with Crippen LogP contribution in [0.1, 0.15) is 42.7 Å². The second kappa shape index (κ2) is 9.27. The maximum Gasteiger partial charge on any atom is 0.226 e. The zero-order valence-corrected chi connectivity index (χ0v) is 15.8. The largest absolute Gasteiger partial charge is 0.301 e. The molecule has 7 heteroatoms. The summed E-state index contributed by atoms with van der Waals surface area (Å²) in [6.07, 6.45) is 5.98. The molecule has 1 aliphatic rings. The summed E-state index contributed by atoms with van der Waals surface area (Å²) in [4.78, 5) is 14.5. The number of likely N-dealkylation sites (tertiary alicyclic amines) is 1. The maximum atomic E-state index is 12.1. The van der Waals surface area contributed by atoms with E-state index in [1.807, 2.05) is 24.3 Å². The number of hydrogen-bond acceptors (Lipinski definition) is 5. The van der Waals surface area contributed by atoms with Crippen LogP contribution >= 0.6 is 22.9 Å². The van der Waals surface area contributed by atoms with Crippen molar-refractivity contribution in [1.29, 1.82) is 0 Å². The molecule has 5 nitrogen and oxygen atoms in total. The number of carbonyl (C=O) groups excluding carboxylic acids is 1. The minimum Gasteiger partial charge on any atom is -0.301 e. The molecule has 25 heavy (non-hydrogen) atoms. The molecule has 1 aliphatic heterocycles. The highest BCUT2D eigenvalue weighted by Gasteiger charge is 2.14. The predicted molar refractivity (Wildman–Crippen MR) is 102 cm³/mol. The van der Waals surface area contributed by atoms with Gasteiger partial charge in [-0.2, -0.15) is 0 Å². The standard InChI is InChI=1S/C18H23ClN4OS/c19-15-9-7-14(8-10-15)5-4-6-16(24)20-18-22-21-17(25-18)13-23-11-2-1-3-12-23/h7-10H,1-6,11-13H2,(H,20,22,24). The quantitative estimate of drug-likeness (QED) is 0.786. The molecule has 1 amide bonds. The number of carbonyl (C=O) groups is 1. The number of benzene rings is 1. The molecule has 1 aromatic heterocycles. The van der Waals surface area contributed by atoms with Crippen molar-refractivity contribution in [2.45, 2.75) is 45.1 Å². The lowest BCUT2D eigenvalue weighted by atomic mass is 10.1. The molecular weight excluding hydrogens is 356 g/mol. The molecule has 2 heterocycles. The van der Waals surface area contributed by atoms with Gasteiger partial charge >= 0.3 is 0 Å². The lowest BCUT2D eigenvalue weighted by molar-refractivity contribution is -0.116. The van der Waals surface area contributed by atoms with Crippen LogP contribution < -0.4 is 5.32 Å². The van der Waals surface area contributed by atoms with E-state index in [1.165, 1.54) is 36.2 Å². The summed E-state index contributed by atoms with van der Waals surface area (Å²) in [7, 11) is 0. The Hall–Kier alpha value is -1.50. The Morgan fingerprint density at radius 1 is 1.16 bits per heavy atom. The molecule has 134 valence electrons. The average Bonchev–Trinajstić information content (AvgIpc) is 3.04. The van der Waals surface area contributed by atoms with Crippen LogP contribution in [-0.4, -0.2) is 34.1 Å². The predicted octanol–water partition coefficient (Wildman–Crippen LogP) is 4.14. The molecule has 0 radical (unpaired) electrons. The van der Waals surface area contributed by atoms with Crippen molar-refractivity contribution in [3.05, 3.63) is 39.9 Å². The van der Waals surface area contributed by atoms with Gasteiger partial charge in [0.15, 0.2) is 0 Å². The SMILES string of the molecule is O=C(CCCc1ccc(Cl)cc1)Nc1nnc(CN2CCCCC2)s1. The van der Waals surface area contributed by atoms with Crippen LogP contribution in [0.2, 0.25) is 5.02 Å². The molecule has 1 saturated heterocycles. The second-order valence-electron chi connectivity index (χ2n) is 6.37. The Bertz CT molecular complexity index is 683. The topological polar surface area (TPSA) is 58.1 Å². The Morgan fingerprint density at radius 2 is 1.92 bits per heavy atom. The lowest BCUT2D eigenvalue weighted by Gasteiger charge is -2.24. The first kappa shape index (κ1) is 18.3. The minimum atomic E-state index is -0.00497. The number of hydrogen-bond donors (Lipinski definition) is 1. The van der Waals surface area contributed by atoms with Crippen LogP contribution in [0.15, 0.2) is 24.3 Å². The smallest absolute Gasteiger partial charge is 0.226 e. The average molecular weight is 379 g/mol. The van der Waals surface area contributed by atoms with Crippen molar-refractivity contribution in [1.82, 2.24) is 15.1 Å². The van der Waals surface area contributed by atoms with Gasteiger partial charge in [0.25, 0.3) is 0 Å². The maximum absolute atomic E-state index is 12.1. The van der Waals surface area contributed by atoms with E-state index in [9.17, 15) is 4.79 Å². The normalized spacial score (nSPS) is 15.2. The number of nitrogens with one attached hydrogen (secondary N) is 1. The fourth-order valence-corrected chi connectivity index (χ4v) is 3.89. The fourth-order valence-electron chi connectivity index (χ4n) is 2.96. The van der Waals surface area contributed by atoms with Crippen molar-refractivity contribution in [3.8, 4) is 0 Å². The van der Waals surface area contributed by atoms with E-state index in [0.717, 1.165) is 42.5 Å². The number of anilines is 1. The molecule has 2 aromatic rings. The van der Waals surface area contributed by atoms with Crippen LogP contribution in [0.5, 0.6) is 0 Å². The van der Waals surface area contributed by atoms with E-state index in [4.69, 9.17) is 11.6 Å². The molecule has 0 bridgehead atoms. The number of aryl methyl sites for hydroxylation is 1. The van der Waals surface area contributed by atoms with Gasteiger partial charge in [-0.15, -0.1) is 10.2 Å². The molecule has 1 fully saturated rings. The van der Waals surface area contributed by atoms with E-state index in [-0.39, 0.29) is 5.91 Å². The Morgan fingerprint density at radius 3 is 2.68 bits per heavy atom. The third kappa shape index (κ3) is 6.06. The van der Waals surface area contributed by atoms with E-state index in [1.54, 1.807) is 0 Å². The van der Waals surface area contributed by atoms with Gasteiger partial charge in [0.1, 0.15) is 5.01 Å². The molecule has 3 rings (SSSR count). The number of halogens is 1. The first-order valence-corrected chi connectivity index (χ1v) is 9.97. The van der Waals surface area contributed by atoms with Gasteiger partial charge in [0.2, 0.25) is 11.0 Å². The first-order chi connectivity index (χ1) is 12.2. The van der Waals surface area contributed by atoms with Gasteiger partial charge < -0.3 is 5.32 Å². The molecule has 0 spiro atoms. The van der Waals surface area contributed by atoms with Gasteiger partial charge in [0.05, 0.1) is 6.54 Å². The van der Waals surface area contributed by atoms with Gasteiger partial charge in [-0.25, -0.2) is 0 Å². The first-order valence-electron chi connectivity index (χ1n) is 8.78. The van der Waals surface area contributed by atoms with E-state index >= 15 is 0 Å². The van der Waals surface area contributed by atoms with E-state index in [0.29, 0.717) is 11.6 Å². The minimum absolute atomic E-state index is 0.00497. The Kier molecular flexibility index (Phi) is 6.78. The molecule has 0 aliphatic carbocycles. The summed E-state index contributed by atoms with van der Waals surface area (Å²) in [5.74, 6) is -0.00497. The summed E-state index contributed by atoms with van der Waals surface area (Å²) in [6, 6.07) is 7.75. The summed E-state index contributed by atoms with van der Waals surface area (Å²) >= 11 is 7.35. The number of amides is 1. The van der Waals surface area contributed by atoms with E-state index < -0.39 is 0 Å². The second-order valence-corrected chi connectivity index (χ2v) is 7.86. The van der Waals surface area contributed by atoms with Crippen molar-refractivity contribution in [2.24, 2.45) is 0 Å². The Balaban J connectivity index is 1.39. The molecule has 1 N–H and O–H groups in total. The molecule has 1 aromatic carbocycles. The summed E-state index contributed by atoms with van der Waals surface area (Å²) in [6.45, 7) is 3.10. The highest BCUT2D eigenvalue weighted by Crippen LogP contribution is 2.19. The lowest BCUT2D eigenvalue weighted by Crippen LogP contribution is -2.28. The summed E-state index contributed by atoms with van der Waals surface area (Å²) in [5.41, 5.74) is 1.19. The van der Waals surface area contributed by atoms with Crippen LogP contribution in [0.3, 0.4) is 0 Å². The van der Waals surface area contributed by atoms with Crippen LogP contribution in [0.25, 0.3) is 0 Å². The summed E-state index contributed by atoms with van der Waals surface area (Å²) < 4.78 is 0. The van der Waals surface area contributed by atoms with Crippen molar-refractivity contribution < 1.29 is 4.79 Å². The van der Waals surface area contributed by atoms with Gasteiger partial charge in [-0.3, -0.25) is 9.69 Å². The van der Waals surface area contributed by atoms with Crippen LogP contribution in [0.4, 0.5) is 5.13 Å². The van der Waals surface area contributed by atoms with Gasteiger partial charge in [-0.05, 0) is 56.5 Å². The third-order valence-corrected chi connectivity index (χ3v) is 5.38. The fraction of sp³-hybridized carbons (Fsp3) is 0.500. The molecule has 0 atom stereocenters. The van der Waals surface area contributed by atoms with Crippen LogP contribution in [0, 0.1) is 0 Å². The van der Waals surface area contributed by atoms with E-state index in [2.05, 4.69) is 20.4 Å². The highest BCUT2D eigenvalue weighted by molar-refractivity contribution is 7.15. The molecule has 0 saturated carbocycles.